The largest absolute Gasteiger partial charge is 0.339 e. The molecule has 4 nitrogen and oxygen atoms in total. The number of aliphatic imine (C=N–C) groups is 2. The number of hydrogen-bond acceptors (Lipinski definition) is 2. The van der Waals surface area contributed by atoms with E-state index in [4.69, 9.17) is 0 Å². The van der Waals surface area contributed by atoms with E-state index in [0.717, 1.165) is 45.1 Å². The molecular formula is C10H20N4. The van der Waals surface area contributed by atoms with Gasteiger partial charge in [-0.05, 0) is 13.3 Å². The third-order valence-corrected chi connectivity index (χ3v) is 2.09. The Hall–Kier alpha value is -0.900. The minimum atomic E-state index is 0.806. The first-order valence-electron chi connectivity index (χ1n) is 5.41. The first-order chi connectivity index (χ1) is 6.88. The Labute approximate surface area is 86.1 Å². The van der Waals surface area contributed by atoms with Gasteiger partial charge in [-0.1, -0.05) is 6.92 Å². The second-order valence-electron chi connectivity index (χ2n) is 3.23. The van der Waals surface area contributed by atoms with Gasteiger partial charge in [0, 0.05) is 38.9 Å². The standard InChI is InChI=1S/C10H20N4/c1-3-5-13-10(12-4-2)14-8-6-11-7-9-14/h5,11H,3-4,6-9H2,1-2H3. The molecule has 0 unspecified atom stereocenters. The van der Waals surface area contributed by atoms with Gasteiger partial charge < -0.3 is 10.2 Å². The maximum absolute atomic E-state index is 4.40. The Morgan fingerprint density at radius 3 is 2.64 bits per heavy atom. The third-order valence-electron chi connectivity index (χ3n) is 2.09. The SMILES string of the molecule is CCC=NC(=NCC)N1CCNCC1. The maximum Gasteiger partial charge on any atom is 0.220 e. The van der Waals surface area contributed by atoms with Gasteiger partial charge >= 0.3 is 0 Å². The van der Waals surface area contributed by atoms with Crippen molar-refractivity contribution in [3.8, 4) is 0 Å². The number of nitrogens with one attached hydrogen (secondary N) is 1. The summed E-state index contributed by atoms with van der Waals surface area (Å²) in [6.45, 7) is 9.03. The molecule has 0 radical (unpaired) electrons. The molecule has 1 heterocycles. The Kier molecular flexibility index (Phi) is 5.22. The molecule has 1 aliphatic heterocycles. The van der Waals surface area contributed by atoms with Crippen LogP contribution >= 0.6 is 0 Å². The minimum Gasteiger partial charge on any atom is -0.339 e. The number of piperazine rings is 1. The number of nitrogens with zero attached hydrogens (tertiary/aromatic N) is 3. The quantitative estimate of drug-likeness (QED) is 0.523. The Bertz CT molecular complexity index is 204. The van der Waals surface area contributed by atoms with Crippen molar-refractivity contribution in [2.45, 2.75) is 20.3 Å². The van der Waals surface area contributed by atoms with Gasteiger partial charge in [-0.25, -0.2) is 4.99 Å². The van der Waals surface area contributed by atoms with Gasteiger partial charge in [-0.2, -0.15) is 0 Å². The van der Waals surface area contributed by atoms with Gasteiger partial charge in [0.15, 0.2) is 0 Å². The molecule has 0 aromatic rings. The number of hydrogen-bond donors (Lipinski definition) is 1. The van der Waals surface area contributed by atoms with Crippen molar-refractivity contribution in [2.24, 2.45) is 9.98 Å². The normalized spacial score (nSPS) is 19.3. The summed E-state index contributed by atoms with van der Waals surface area (Å²) >= 11 is 0. The molecular weight excluding hydrogens is 176 g/mol. The monoisotopic (exact) mass is 196 g/mol. The highest BCUT2D eigenvalue weighted by atomic mass is 15.3. The highest BCUT2D eigenvalue weighted by molar-refractivity contribution is 5.87. The van der Waals surface area contributed by atoms with E-state index in [2.05, 4.69) is 27.1 Å². The lowest BCUT2D eigenvalue weighted by Crippen LogP contribution is -2.46. The lowest BCUT2D eigenvalue weighted by Gasteiger charge is -2.28. The van der Waals surface area contributed by atoms with Gasteiger partial charge in [-0.15, -0.1) is 0 Å². The molecule has 1 rings (SSSR count). The number of rotatable bonds is 2. The van der Waals surface area contributed by atoms with E-state index in [0.29, 0.717) is 0 Å². The van der Waals surface area contributed by atoms with E-state index in [-0.39, 0.29) is 0 Å². The van der Waals surface area contributed by atoms with Gasteiger partial charge in [-0.3, -0.25) is 4.99 Å². The molecule has 0 spiro atoms. The van der Waals surface area contributed by atoms with Crippen molar-refractivity contribution >= 4 is 12.2 Å². The zero-order valence-corrected chi connectivity index (χ0v) is 9.16. The molecule has 14 heavy (non-hydrogen) atoms. The molecule has 1 saturated heterocycles. The second kappa shape index (κ2) is 6.54. The molecule has 1 fully saturated rings. The molecule has 0 saturated carbocycles. The van der Waals surface area contributed by atoms with Crippen LogP contribution < -0.4 is 5.32 Å². The summed E-state index contributed by atoms with van der Waals surface area (Å²) in [5.74, 6) is 0.899. The average Bonchev–Trinajstić information content (AvgIpc) is 2.25. The molecule has 80 valence electrons. The van der Waals surface area contributed by atoms with E-state index in [9.17, 15) is 0 Å². The van der Waals surface area contributed by atoms with Crippen molar-refractivity contribution in [3.05, 3.63) is 0 Å². The van der Waals surface area contributed by atoms with Crippen LogP contribution in [0.25, 0.3) is 0 Å². The summed E-state index contributed by atoms with van der Waals surface area (Å²) in [6.07, 6.45) is 2.89. The lowest BCUT2D eigenvalue weighted by molar-refractivity contribution is 0.353. The number of guanidine groups is 1. The summed E-state index contributed by atoms with van der Waals surface area (Å²) in [7, 11) is 0. The Morgan fingerprint density at radius 2 is 2.07 bits per heavy atom. The zero-order chi connectivity index (χ0) is 10.2. The predicted molar refractivity (Wildman–Crippen MR) is 61.2 cm³/mol. The van der Waals surface area contributed by atoms with Crippen LogP contribution in [0.3, 0.4) is 0 Å². The van der Waals surface area contributed by atoms with Crippen LogP contribution in [0.2, 0.25) is 0 Å². The minimum absolute atomic E-state index is 0.806. The summed E-state index contributed by atoms with van der Waals surface area (Å²) in [6, 6.07) is 0. The summed E-state index contributed by atoms with van der Waals surface area (Å²) in [4.78, 5) is 11.0. The second-order valence-corrected chi connectivity index (χ2v) is 3.23. The molecule has 0 bridgehead atoms. The maximum atomic E-state index is 4.40. The van der Waals surface area contributed by atoms with E-state index in [1.54, 1.807) is 0 Å². The fourth-order valence-electron chi connectivity index (χ4n) is 1.40. The van der Waals surface area contributed by atoms with E-state index < -0.39 is 0 Å². The van der Waals surface area contributed by atoms with Gasteiger partial charge in [0.1, 0.15) is 0 Å². The van der Waals surface area contributed by atoms with Crippen LogP contribution in [-0.4, -0.2) is 49.8 Å². The van der Waals surface area contributed by atoms with Crippen LogP contribution in [0, 0.1) is 0 Å². The van der Waals surface area contributed by atoms with E-state index in [1.165, 1.54) is 0 Å². The van der Waals surface area contributed by atoms with Gasteiger partial charge in [0.25, 0.3) is 0 Å². The molecule has 0 aromatic carbocycles. The van der Waals surface area contributed by atoms with Crippen LogP contribution in [0.4, 0.5) is 0 Å². The lowest BCUT2D eigenvalue weighted by atomic mass is 10.4. The average molecular weight is 196 g/mol. The van der Waals surface area contributed by atoms with Crippen molar-refractivity contribution < 1.29 is 0 Å². The highest BCUT2D eigenvalue weighted by Gasteiger charge is 2.12. The molecule has 0 aliphatic carbocycles. The molecule has 1 N–H and O–H groups in total. The summed E-state index contributed by atoms with van der Waals surface area (Å²) in [5, 5.41) is 3.32. The molecule has 0 amide bonds. The van der Waals surface area contributed by atoms with Crippen molar-refractivity contribution in [1.29, 1.82) is 0 Å². The highest BCUT2D eigenvalue weighted by Crippen LogP contribution is 1.97. The zero-order valence-electron chi connectivity index (χ0n) is 9.16. The van der Waals surface area contributed by atoms with Crippen LogP contribution in [0.1, 0.15) is 20.3 Å². The summed E-state index contributed by atoms with van der Waals surface area (Å²) in [5.41, 5.74) is 0. The van der Waals surface area contributed by atoms with Crippen molar-refractivity contribution in [1.82, 2.24) is 10.2 Å². The first kappa shape index (κ1) is 11.2. The van der Waals surface area contributed by atoms with Gasteiger partial charge in [0.05, 0.1) is 0 Å². The molecule has 4 heteroatoms. The fourth-order valence-corrected chi connectivity index (χ4v) is 1.40. The van der Waals surface area contributed by atoms with E-state index in [1.807, 2.05) is 13.1 Å². The smallest absolute Gasteiger partial charge is 0.220 e. The van der Waals surface area contributed by atoms with Crippen LogP contribution in [0.15, 0.2) is 9.98 Å². The van der Waals surface area contributed by atoms with Crippen LogP contribution in [0.5, 0.6) is 0 Å². The van der Waals surface area contributed by atoms with Gasteiger partial charge in [0.2, 0.25) is 5.96 Å². The molecule has 0 atom stereocenters. The summed E-state index contributed by atoms with van der Waals surface area (Å²) < 4.78 is 0. The van der Waals surface area contributed by atoms with E-state index >= 15 is 0 Å². The predicted octanol–water partition coefficient (Wildman–Crippen LogP) is 0.748. The van der Waals surface area contributed by atoms with Crippen LogP contribution in [-0.2, 0) is 0 Å². The van der Waals surface area contributed by atoms with Crippen molar-refractivity contribution in [2.75, 3.05) is 32.7 Å². The fraction of sp³-hybridized carbons (Fsp3) is 0.800. The molecule has 0 aromatic heterocycles. The Morgan fingerprint density at radius 1 is 1.36 bits per heavy atom. The third kappa shape index (κ3) is 3.46. The Balaban J connectivity index is 2.56. The van der Waals surface area contributed by atoms with Crippen molar-refractivity contribution in [3.63, 3.8) is 0 Å². The first-order valence-corrected chi connectivity index (χ1v) is 5.41. The molecule has 1 aliphatic rings. The topological polar surface area (TPSA) is 40.0 Å².